The van der Waals surface area contributed by atoms with Crippen LogP contribution in [0.15, 0.2) is 165 Å². The van der Waals surface area contributed by atoms with Gasteiger partial charge in [-0.3, -0.25) is 14.3 Å². The molecule has 0 aliphatic rings. The van der Waals surface area contributed by atoms with Crippen molar-refractivity contribution in [1.82, 2.24) is 4.72 Å². The van der Waals surface area contributed by atoms with Crippen LogP contribution in [-0.2, 0) is 19.6 Å². The number of carbonyl (C=O) groups is 2. The molecule has 6 aromatic carbocycles. The lowest BCUT2D eigenvalue weighted by atomic mass is 10.0. The van der Waals surface area contributed by atoms with Crippen molar-refractivity contribution in [2.75, 3.05) is 20.5 Å². The SMILES string of the molecule is COc1ccc(-c2ccc(Sc3ccccc3C(C)C(=O)NS(C)(=O)=O)cc2)cc1.COc1ccc(-c2ccc(Sc3ccccc3C(C)C(=O)O)cc2)cc1. The predicted molar refractivity (Wildman–Crippen MR) is 225 cm³/mol. The van der Waals surface area contributed by atoms with Gasteiger partial charge in [0.15, 0.2) is 0 Å². The Labute approximate surface area is 337 Å². The molecule has 0 aromatic heterocycles. The molecule has 0 spiro atoms. The Bertz CT molecular complexity index is 2350. The number of hydrogen-bond acceptors (Lipinski definition) is 8. The number of ether oxygens (including phenoxy) is 2. The smallest absolute Gasteiger partial charge is 0.310 e. The highest BCUT2D eigenvalue weighted by molar-refractivity contribution is 7.99. The first-order valence-electron chi connectivity index (χ1n) is 17.6. The molecule has 0 aliphatic carbocycles. The summed E-state index contributed by atoms with van der Waals surface area (Å²) in [4.78, 5) is 27.6. The lowest BCUT2D eigenvalue weighted by molar-refractivity contribution is -0.138. The van der Waals surface area contributed by atoms with Gasteiger partial charge in [-0.25, -0.2) is 8.42 Å². The summed E-state index contributed by atoms with van der Waals surface area (Å²) < 4.78 is 35.2. The molecular weight excluding hydrogens is 763 g/mol. The average Bonchev–Trinajstić information content (AvgIpc) is 3.21. The van der Waals surface area contributed by atoms with Gasteiger partial charge in [-0.1, -0.05) is 108 Å². The summed E-state index contributed by atoms with van der Waals surface area (Å²) in [7, 11) is -0.298. The fourth-order valence-electron chi connectivity index (χ4n) is 5.66. The maximum absolute atomic E-state index is 12.3. The molecule has 8 nitrogen and oxygen atoms in total. The van der Waals surface area contributed by atoms with Gasteiger partial charge in [-0.05, 0) is 108 Å². The van der Waals surface area contributed by atoms with E-state index in [1.807, 2.05) is 121 Å². The van der Waals surface area contributed by atoms with Gasteiger partial charge < -0.3 is 14.6 Å². The van der Waals surface area contributed by atoms with Crippen LogP contribution in [0.5, 0.6) is 11.5 Å². The molecule has 0 saturated carbocycles. The van der Waals surface area contributed by atoms with E-state index in [1.165, 1.54) is 11.8 Å². The Hall–Kier alpha value is -5.49. The van der Waals surface area contributed by atoms with Crippen LogP contribution in [0.4, 0.5) is 0 Å². The topological polar surface area (TPSA) is 119 Å². The molecule has 288 valence electrons. The number of carboxylic acids is 1. The van der Waals surface area contributed by atoms with Gasteiger partial charge in [0.1, 0.15) is 11.5 Å². The first-order chi connectivity index (χ1) is 26.8. The second-order valence-electron chi connectivity index (χ2n) is 12.8. The van der Waals surface area contributed by atoms with E-state index in [1.54, 1.807) is 39.8 Å². The molecule has 11 heteroatoms. The Balaban J connectivity index is 0.000000216. The molecule has 0 radical (unpaired) electrons. The largest absolute Gasteiger partial charge is 0.497 e. The molecular formula is C45H43NO7S3. The number of rotatable bonds is 13. The first kappa shape index (κ1) is 41.7. The summed E-state index contributed by atoms with van der Waals surface area (Å²) >= 11 is 3.13. The lowest BCUT2D eigenvalue weighted by Crippen LogP contribution is -2.32. The zero-order valence-electron chi connectivity index (χ0n) is 31.6. The van der Waals surface area contributed by atoms with Gasteiger partial charge in [-0.2, -0.15) is 0 Å². The molecule has 0 aliphatic heterocycles. The van der Waals surface area contributed by atoms with Crippen LogP contribution in [0, 0.1) is 0 Å². The van der Waals surface area contributed by atoms with Crippen LogP contribution in [-0.4, -0.2) is 45.9 Å². The molecule has 6 aromatic rings. The standard InChI is InChI=1S/C23H23NO4S2.C22H20O3S/c1-16(23(25)24-30(3,26)27)21-6-4-5-7-22(21)29-20-14-10-18(11-15-20)17-8-12-19(28-2)13-9-17;1-15(22(23)24)20-5-3-4-6-21(20)26-19-13-9-17(10-14-19)16-7-11-18(25-2)12-8-16/h4-16H,1-3H3,(H,24,25);3-15H,1-2H3,(H,23,24). The maximum atomic E-state index is 12.3. The van der Waals surface area contributed by atoms with Crippen LogP contribution < -0.4 is 14.2 Å². The van der Waals surface area contributed by atoms with Gasteiger partial charge in [0, 0.05) is 19.6 Å². The normalized spacial score (nSPS) is 12.0. The van der Waals surface area contributed by atoms with Crippen LogP contribution in [0.2, 0.25) is 0 Å². The Morgan fingerprint density at radius 3 is 1.23 bits per heavy atom. The molecule has 2 atom stereocenters. The lowest BCUT2D eigenvalue weighted by Gasteiger charge is -2.15. The third-order valence-electron chi connectivity index (χ3n) is 8.83. The summed E-state index contributed by atoms with van der Waals surface area (Å²) in [5.41, 5.74) is 6.06. The zero-order valence-corrected chi connectivity index (χ0v) is 34.1. The van der Waals surface area contributed by atoms with Gasteiger partial charge in [0.2, 0.25) is 15.9 Å². The van der Waals surface area contributed by atoms with E-state index < -0.39 is 33.7 Å². The van der Waals surface area contributed by atoms with E-state index in [4.69, 9.17) is 9.47 Å². The molecule has 6 rings (SSSR count). The number of nitrogens with one attached hydrogen (secondary N) is 1. The average molecular weight is 806 g/mol. The van der Waals surface area contributed by atoms with Crippen LogP contribution in [0.3, 0.4) is 0 Å². The molecule has 56 heavy (non-hydrogen) atoms. The highest BCUT2D eigenvalue weighted by atomic mass is 32.2. The second kappa shape index (κ2) is 19.4. The van der Waals surface area contributed by atoms with E-state index in [9.17, 15) is 23.1 Å². The van der Waals surface area contributed by atoms with E-state index in [0.717, 1.165) is 70.7 Å². The van der Waals surface area contributed by atoms with E-state index in [0.29, 0.717) is 0 Å². The monoisotopic (exact) mass is 805 g/mol. The van der Waals surface area contributed by atoms with Gasteiger partial charge in [0.05, 0.1) is 32.3 Å². The molecule has 2 unspecified atom stereocenters. The highest BCUT2D eigenvalue weighted by Gasteiger charge is 2.21. The molecule has 0 heterocycles. The number of amides is 1. The predicted octanol–water partition coefficient (Wildman–Crippen LogP) is 10.4. The van der Waals surface area contributed by atoms with Crippen molar-refractivity contribution >= 4 is 45.4 Å². The van der Waals surface area contributed by atoms with Crippen LogP contribution in [0.25, 0.3) is 22.3 Å². The van der Waals surface area contributed by atoms with Gasteiger partial charge >= 0.3 is 5.97 Å². The maximum Gasteiger partial charge on any atom is 0.310 e. The minimum atomic E-state index is -3.60. The Morgan fingerprint density at radius 2 is 0.893 bits per heavy atom. The summed E-state index contributed by atoms with van der Waals surface area (Å²) in [6.07, 6.45) is 0.975. The fraction of sp³-hybridized carbons (Fsp3) is 0.156. The molecule has 0 bridgehead atoms. The summed E-state index contributed by atoms with van der Waals surface area (Å²) in [6.45, 7) is 3.42. The number of aliphatic carboxylic acids is 1. The number of benzene rings is 6. The number of carbonyl (C=O) groups excluding carboxylic acids is 1. The van der Waals surface area contributed by atoms with E-state index in [2.05, 4.69) is 29.0 Å². The Morgan fingerprint density at radius 1 is 0.554 bits per heavy atom. The fourth-order valence-corrected chi connectivity index (χ4v) is 8.27. The van der Waals surface area contributed by atoms with Crippen LogP contribution in [0.1, 0.15) is 36.8 Å². The van der Waals surface area contributed by atoms with Crippen molar-refractivity contribution < 1.29 is 32.6 Å². The first-order valence-corrected chi connectivity index (χ1v) is 21.1. The summed E-state index contributed by atoms with van der Waals surface area (Å²) in [6, 6.07) is 47.5. The quantitative estimate of drug-likeness (QED) is 0.118. The third-order valence-corrected chi connectivity index (χ3v) is 11.6. The number of hydrogen-bond donors (Lipinski definition) is 2. The Kier molecular flexibility index (Phi) is 14.4. The summed E-state index contributed by atoms with van der Waals surface area (Å²) in [5.74, 6) is -0.825. The van der Waals surface area contributed by atoms with Crippen molar-refractivity contribution in [3.63, 3.8) is 0 Å². The molecule has 2 N–H and O–H groups in total. The molecule has 1 amide bonds. The number of methoxy groups -OCH3 is 2. The van der Waals surface area contributed by atoms with Crippen molar-refractivity contribution in [3.05, 3.63) is 157 Å². The molecule has 0 saturated heterocycles. The second-order valence-corrected chi connectivity index (χ2v) is 16.8. The van der Waals surface area contributed by atoms with Crippen molar-refractivity contribution in [2.24, 2.45) is 0 Å². The number of sulfonamides is 1. The van der Waals surface area contributed by atoms with Crippen molar-refractivity contribution in [3.8, 4) is 33.8 Å². The molecule has 0 fully saturated rings. The summed E-state index contributed by atoms with van der Waals surface area (Å²) in [5, 5.41) is 9.31. The van der Waals surface area contributed by atoms with Crippen molar-refractivity contribution in [1.29, 1.82) is 0 Å². The van der Waals surface area contributed by atoms with Gasteiger partial charge in [0.25, 0.3) is 0 Å². The van der Waals surface area contributed by atoms with E-state index >= 15 is 0 Å². The highest BCUT2D eigenvalue weighted by Crippen LogP contribution is 2.37. The third kappa shape index (κ3) is 11.5. The number of carboxylic acid groups (broad SMARTS) is 1. The van der Waals surface area contributed by atoms with Gasteiger partial charge in [-0.15, -0.1) is 0 Å². The van der Waals surface area contributed by atoms with E-state index in [-0.39, 0.29) is 0 Å². The zero-order chi connectivity index (χ0) is 40.2. The van der Waals surface area contributed by atoms with Crippen molar-refractivity contribution in [2.45, 2.75) is 45.3 Å². The minimum absolute atomic E-state index is 0.530. The minimum Gasteiger partial charge on any atom is -0.497 e. The van der Waals surface area contributed by atoms with Crippen LogP contribution >= 0.6 is 23.5 Å².